The number of ether oxygens (including phenoxy) is 1. The number of phenolic OH excluding ortho intramolecular Hbond substituents is 1. The number of benzene rings is 3. The van der Waals surface area contributed by atoms with Crippen LogP contribution in [-0.4, -0.2) is 42.0 Å². The molecule has 0 aliphatic carbocycles. The van der Waals surface area contributed by atoms with Crippen LogP contribution < -0.4 is 4.74 Å². The summed E-state index contributed by atoms with van der Waals surface area (Å²) in [5.74, 6) is 2.68. The van der Waals surface area contributed by atoms with Gasteiger partial charge in [0.05, 0.1) is 6.61 Å². The highest BCUT2D eigenvalue weighted by molar-refractivity contribution is 7.99. The molecule has 4 heteroatoms. The summed E-state index contributed by atoms with van der Waals surface area (Å²) >= 11 is 1.97. The summed E-state index contributed by atoms with van der Waals surface area (Å²) in [5, 5.41) is 9.97. The lowest BCUT2D eigenvalue weighted by Gasteiger charge is -2.34. The highest BCUT2D eigenvalue weighted by atomic mass is 32.2. The molecule has 34 heavy (non-hydrogen) atoms. The van der Waals surface area contributed by atoms with Gasteiger partial charge in [0.2, 0.25) is 0 Å². The molecule has 0 aromatic heterocycles. The molecule has 1 N–H and O–H groups in total. The van der Waals surface area contributed by atoms with Crippen molar-refractivity contribution in [2.45, 2.75) is 48.8 Å². The van der Waals surface area contributed by atoms with Gasteiger partial charge >= 0.3 is 0 Å². The van der Waals surface area contributed by atoms with Crippen LogP contribution in [0.4, 0.5) is 0 Å². The Kier molecular flexibility index (Phi) is 7.77. The summed E-state index contributed by atoms with van der Waals surface area (Å²) in [6.45, 7) is 4.52. The number of unbranched alkanes of at least 4 members (excludes halogenated alkanes) is 2. The van der Waals surface area contributed by atoms with Crippen molar-refractivity contribution >= 4 is 11.8 Å². The lowest BCUT2D eigenvalue weighted by atomic mass is 9.76. The van der Waals surface area contributed by atoms with Crippen molar-refractivity contribution in [3.63, 3.8) is 0 Å². The van der Waals surface area contributed by atoms with Gasteiger partial charge in [0.1, 0.15) is 11.5 Å². The van der Waals surface area contributed by atoms with E-state index in [9.17, 15) is 5.11 Å². The molecule has 2 aliphatic heterocycles. The van der Waals surface area contributed by atoms with Crippen molar-refractivity contribution in [3.05, 3.63) is 89.5 Å². The molecule has 1 fully saturated rings. The van der Waals surface area contributed by atoms with Gasteiger partial charge in [-0.05, 0) is 80.4 Å². The fourth-order valence-electron chi connectivity index (χ4n) is 5.38. The van der Waals surface area contributed by atoms with Crippen molar-refractivity contribution < 1.29 is 9.84 Å². The van der Waals surface area contributed by atoms with Crippen LogP contribution in [0.25, 0.3) is 0 Å². The second kappa shape index (κ2) is 11.3. The molecule has 2 heterocycles. The van der Waals surface area contributed by atoms with Gasteiger partial charge in [0, 0.05) is 28.4 Å². The lowest BCUT2D eigenvalue weighted by Crippen LogP contribution is -2.25. The first-order valence-corrected chi connectivity index (χ1v) is 13.7. The van der Waals surface area contributed by atoms with Gasteiger partial charge in [-0.2, -0.15) is 0 Å². The van der Waals surface area contributed by atoms with Gasteiger partial charge in [-0.25, -0.2) is 0 Å². The number of thioether (sulfide) groups is 1. The molecule has 0 spiro atoms. The fraction of sp³-hybridized carbons (Fsp3) is 0.400. The van der Waals surface area contributed by atoms with Crippen LogP contribution in [0.1, 0.15) is 60.6 Å². The maximum Gasteiger partial charge on any atom is 0.126 e. The predicted molar refractivity (Wildman–Crippen MR) is 141 cm³/mol. The zero-order valence-electron chi connectivity index (χ0n) is 19.9. The number of hydrogen-bond acceptors (Lipinski definition) is 4. The Morgan fingerprint density at radius 2 is 1.65 bits per heavy atom. The number of fused-ring (bicyclic) bond motifs is 1. The Balaban J connectivity index is 1.24. The molecule has 0 amide bonds. The molecule has 3 nitrogen and oxygen atoms in total. The molecule has 0 unspecified atom stereocenters. The average molecular weight is 474 g/mol. The second-order valence-electron chi connectivity index (χ2n) is 9.55. The minimum absolute atomic E-state index is 0.205. The SMILES string of the molecule is Oc1ccc2c(c1)OC[C@H](c1ccccc1)[C@@H]2c1ccc(SCCCCCN2CCCC2)cc1. The summed E-state index contributed by atoms with van der Waals surface area (Å²) in [6, 6.07) is 25.3. The van der Waals surface area contributed by atoms with Crippen LogP contribution in [0.15, 0.2) is 77.7 Å². The van der Waals surface area contributed by atoms with Crippen LogP contribution in [0.3, 0.4) is 0 Å². The minimum atomic E-state index is 0.205. The molecule has 0 bridgehead atoms. The van der Waals surface area contributed by atoms with E-state index >= 15 is 0 Å². The third-order valence-corrected chi connectivity index (χ3v) is 8.30. The molecule has 3 aromatic rings. The first kappa shape index (κ1) is 23.3. The van der Waals surface area contributed by atoms with Crippen LogP contribution in [0.5, 0.6) is 11.5 Å². The Labute approximate surface area is 208 Å². The quantitative estimate of drug-likeness (QED) is 0.266. The molecule has 2 aliphatic rings. The van der Waals surface area contributed by atoms with E-state index in [1.54, 1.807) is 12.1 Å². The molecule has 0 radical (unpaired) electrons. The van der Waals surface area contributed by atoms with E-state index in [1.165, 1.54) is 73.5 Å². The molecule has 0 saturated carbocycles. The van der Waals surface area contributed by atoms with Crippen molar-refractivity contribution in [1.29, 1.82) is 0 Å². The lowest BCUT2D eigenvalue weighted by molar-refractivity contribution is 0.248. The Bertz CT molecular complexity index is 1050. The van der Waals surface area contributed by atoms with Crippen molar-refractivity contribution in [1.82, 2.24) is 4.90 Å². The molecule has 5 rings (SSSR count). The number of nitrogens with zero attached hydrogens (tertiary/aromatic N) is 1. The zero-order chi connectivity index (χ0) is 23.2. The van der Waals surface area contributed by atoms with Gasteiger partial charge in [-0.3, -0.25) is 0 Å². The van der Waals surface area contributed by atoms with Gasteiger partial charge in [-0.1, -0.05) is 55.0 Å². The van der Waals surface area contributed by atoms with Crippen molar-refractivity contribution in [2.75, 3.05) is 32.0 Å². The number of likely N-dealkylation sites (tertiary alicyclic amines) is 1. The van der Waals surface area contributed by atoms with E-state index in [0.29, 0.717) is 6.61 Å². The first-order chi connectivity index (χ1) is 16.8. The van der Waals surface area contributed by atoms with Crippen LogP contribution in [0.2, 0.25) is 0 Å². The zero-order valence-corrected chi connectivity index (χ0v) is 20.7. The normalized spacial score (nSPS) is 20.1. The summed E-state index contributed by atoms with van der Waals surface area (Å²) in [6.07, 6.45) is 6.72. The summed E-state index contributed by atoms with van der Waals surface area (Å²) < 4.78 is 6.10. The number of hydrogen-bond donors (Lipinski definition) is 1. The minimum Gasteiger partial charge on any atom is -0.508 e. The van der Waals surface area contributed by atoms with Gasteiger partial charge in [-0.15, -0.1) is 11.8 Å². The standard InChI is InChI=1S/C30H35NO2S/c32-25-13-16-27-29(21-25)33-22-28(23-9-3-1-4-10-23)30(27)24-11-14-26(15-12-24)34-20-8-2-5-17-31-18-6-7-19-31/h1,3-4,9-16,21,28,30,32H,2,5-8,17-20,22H2/t28-,30-/m1/s1. The van der Waals surface area contributed by atoms with E-state index < -0.39 is 0 Å². The number of rotatable bonds is 9. The van der Waals surface area contributed by atoms with Crippen molar-refractivity contribution in [2.24, 2.45) is 0 Å². The molecular formula is C30H35NO2S. The number of aromatic hydroxyl groups is 1. The molecular weight excluding hydrogens is 438 g/mol. The van der Waals surface area contributed by atoms with Gasteiger partial charge < -0.3 is 14.7 Å². The number of phenols is 1. The third-order valence-electron chi connectivity index (χ3n) is 7.21. The van der Waals surface area contributed by atoms with Crippen molar-refractivity contribution in [3.8, 4) is 11.5 Å². The largest absolute Gasteiger partial charge is 0.508 e. The highest BCUT2D eigenvalue weighted by Gasteiger charge is 2.33. The maximum atomic E-state index is 9.97. The molecule has 1 saturated heterocycles. The maximum absolute atomic E-state index is 9.97. The third kappa shape index (κ3) is 5.61. The van der Waals surface area contributed by atoms with E-state index in [0.717, 1.165) is 11.3 Å². The van der Waals surface area contributed by atoms with Gasteiger partial charge in [0.25, 0.3) is 0 Å². The van der Waals surface area contributed by atoms with E-state index in [4.69, 9.17) is 4.74 Å². The Morgan fingerprint density at radius 1 is 0.853 bits per heavy atom. The monoisotopic (exact) mass is 473 g/mol. The molecule has 2 atom stereocenters. The second-order valence-corrected chi connectivity index (χ2v) is 10.7. The van der Waals surface area contributed by atoms with E-state index in [2.05, 4.69) is 59.5 Å². The van der Waals surface area contributed by atoms with E-state index in [-0.39, 0.29) is 17.6 Å². The molecule has 178 valence electrons. The Hall–Kier alpha value is -2.43. The fourth-order valence-corrected chi connectivity index (χ4v) is 6.29. The summed E-state index contributed by atoms with van der Waals surface area (Å²) in [4.78, 5) is 3.96. The van der Waals surface area contributed by atoms with E-state index in [1.807, 2.05) is 17.8 Å². The predicted octanol–water partition coefficient (Wildman–Crippen LogP) is 7.06. The van der Waals surface area contributed by atoms with Gasteiger partial charge in [0.15, 0.2) is 0 Å². The van der Waals surface area contributed by atoms with Crippen LogP contribution in [0, 0.1) is 0 Å². The highest BCUT2D eigenvalue weighted by Crippen LogP contribution is 2.47. The van der Waals surface area contributed by atoms with Crippen LogP contribution >= 0.6 is 11.8 Å². The molecule has 3 aromatic carbocycles. The topological polar surface area (TPSA) is 32.7 Å². The summed E-state index contributed by atoms with van der Waals surface area (Å²) in [7, 11) is 0. The Morgan fingerprint density at radius 3 is 2.44 bits per heavy atom. The summed E-state index contributed by atoms with van der Waals surface area (Å²) in [5.41, 5.74) is 3.74. The van der Waals surface area contributed by atoms with Crippen LogP contribution in [-0.2, 0) is 0 Å². The first-order valence-electron chi connectivity index (χ1n) is 12.7. The smallest absolute Gasteiger partial charge is 0.126 e. The average Bonchev–Trinajstić information content (AvgIpc) is 3.40.